The number of imide groups is 1. The van der Waals surface area contributed by atoms with Crippen LogP contribution in [0.15, 0.2) is 36.4 Å². The van der Waals surface area contributed by atoms with E-state index in [1.54, 1.807) is 49.5 Å². The molecule has 2 fully saturated rings. The van der Waals surface area contributed by atoms with Crippen molar-refractivity contribution in [2.24, 2.45) is 0 Å². The number of methoxy groups -OCH3 is 2. The Morgan fingerprint density at radius 2 is 1.64 bits per heavy atom. The van der Waals surface area contributed by atoms with Gasteiger partial charge in [-0.25, -0.2) is 4.98 Å². The Morgan fingerprint density at radius 1 is 1.00 bits per heavy atom. The van der Waals surface area contributed by atoms with E-state index in [2.05, 4.69) is 4.90 Å². The second-order valence-corrected chi connectivity index (χ2v) is 10.1. The fraction of sp³-hybridized carbons (Fsp3) is 0.407. The van der Waals surface area contributed by atoms with Crippen LogP contribution in [0.2, 0.25) is 0 Å². The molecular formula is C27H31ClN4O6S. The zero-order valence-electron chi connectivity index (χ0n) is 21.9. The van der Waals surface area contributed by atoms with Crippen molar-refractivity contribution in [1.29, 1.82) is 0 Å². The Bertz CT molecular complexity index is 1290. The molecule has 0 spiro atoms. The molecule has 0 unspecified atom stereocenters. The number of hydrogen-bond acceptors (Lipinski definition) is 9. The lowest BCUT2D eigenvalue weighted by molar-refractivity contribution is -0.121. The van der Waals surface area contributed by atoms with Crippen LogP contribution in [0, 0.1) is 0 Å². The number of fused-ring (bicyclic) bond motifs is 1. The summed E-state index contributed by atoms with van der Waals surface area (Å²) in [6, 6.07) is 10.2. The van der Waals surface area contributed by atoms with Gasteiger partial charge in [0.25, 0.3) is 5.91 Å². The molecule has 0 radical (unpaired) electrons. The average molecular weight is 575 g/mol. The van der Waals surface area contributed by atoms with Crippen molar-refractivity contribution < 1.29 is 28.6 Å². The lowest BCUT2D eigenvalue weighted by Crippen LogP contribution is -2.39. The Kier molecular flexibility index (Phi) is 9.39. The molecule has 2 saturated heterocycles. The summed E-state index contributed by atoms with van der Waals surface area (Å²) in [6.45, 7) is 4.48. The summed E-state index contributed by atoms with van der Waals surface area (Å²) in [5.74, 6) is 0.602. The number of ether oxygens (including phenoxy) is 3. The van der Waals surface area contributed by atoms with Crippen LogP contribution in [0.3, 0.4) is 0 Å². The average Bonchev–Trinajstić information content (AvgIpc) is 3.54. The summed E-state index contributed by atoms with van der Waals surface area (Å²) in [7, 11) is 3.19. The maximum Gasteiger partial charge on any atom is 0.260 e. The van der Waals surface area contributed by atoms with Crippen LogP contribution in [0.25, 0.3) is 10.2 Å². The molecule has 1 aromatic heterocycles. The Hall–Kier alpha value is -3.25. The van der Waals surface area contributed by atoms with E-state index in [-0.39, 0.29) is 43.0 Å². The highest BCUT2D eigenvalue weighted by atomic mass is 35.5. The van der Waals surface area contributed by atoms with Crippen molar-refractivity contribution in [3.63, 3.8) is 0 Å². The van der Waals surface area contributed by atoms with Gasteiger partial charge in [0, 0.05) is 44.6 Å². The van der Waals surface area contributed by atoms with Crippen molar-refractivity contribution in [1.82, 2.24) is 9.88 Å². The number of halogens is 1. The first-order chi connectivity index (χ1) is 18.5. The standard InChI is InChI=1S/C27H30N4O6S.ClH/c1-35-20-8-9-21(36-2)25-24(20)28-27(38-25)30(13-3-12-29-14-16-37-17-15-29)26(34)18-4-6-19(7-5-18)31-22(32)10-11-23(31)33;/h4-9H,3,10-17H2,1-2H3;1H. The van der Waals surface area contributed by atoms with Crippen LogP contribution in [0.4, 0.5) is 10.8 Å². The molecule has 0 bridgehead atoms. The number of hydrogen-bond donors (Lipinski definition) is 0. The van der Waals surface area contributed by atoms with E-state index in [1.807, 2.05) is 6.07 Å². The molecule has 0 N–H and O–H groups in total. The Morgan fingerprint density at radius 3 is 2.28 bits per heavy atom. The highest BCUT2D eigenvalue weighted by Gasteiger charge is 2.31. The summed E-state index contributed by atoms with van der Waals surface area (Å²) in [4.78, 5) is 48.1. The molecule has 0 saturated carbocycles. The van der Waals surface area contributed by atoms with Crippen LogP contribution in [-0.4, -0.2) is 81.2 Å². The van der Waals surface area contributed by atoms with Crippen molar-refractivity contribution >= 4 is 62.5 Å². The van der Waals surface area contributed by atoms with E-state index >= 15 is 0 Å². The lowest BCUT2D eigenvalue weighted by Gasteiger charge is -2.27. The number of anilines is 2. The van der Waals surface area contributed by atoms with Crippen molar-refractivity contribution in [2.75, 3.05) is 63.4 Å². The minimum atomic E-state index is -0.226. The maximum atomic E-state index is 13.8. The molecule has 2 aliphatic rings. The molecule has 12 heteroatoms. The molecule has 39 heavy (non-hydrogen) atoms. The molecule has 3 amide bonds. The largest absolute Gasteiger partial charge is 0.495 e. The van der Waals surface area contributed by atoms with Gasteiger partial charge in [-0.1, -0.05) is 11.3 Å². The topological polar surface area (TPSA) is 102 Å². The third-order valence-corrected chi connectivity index (χ3v) is 7.85. The zero-order valence-corrected chi connectivity index (χ0v) is 23.5. The second kappa shape index (κ2) is 12.7. The molecule has 3 heterocycles. The third kappa shape index (κ3) is 6.01. The Labute approximate surface area is 236 Å². The summed E-state index contributed by atoms with van der Waals surface area (Å²) in [6.07, 6.45) is 1.17. The summed E-state index contributed by atoms with van der Waals surface area (Å²) in [5, 5.41) is 0.545. The van der Waals surface area contributed by atoms with E-state index in [9.17, 15) is 14.4 Å². The summed E-state index contributed by atoms with van der Waals surface area (Å²) >= 11 is 1.38. The first-order valence-corrected chi connectivity index (χ1v) is 13.4. The number of aromatic nitrogens is 1. The minimum Gasteiger partial charge on any atom is -0.495 e. The highest BCUT2D eigenvalue weighted by Crippen LogP contribution is 2.40. The van der Waals surface area contributed by atoms with Gasteiger partial charge in [-0.3, -0.25) is 29.1 Å². The third-order valence-electron chi connectivity index (χ3n) is 6.76. The van der Waals surface area contributed by atoms with Gasteiger partial charge in [-0.2, -0.15) is 0 Å². The van der Waals surface area contributed by atoms with Gasteiger partial charge >= 0.3 is 0 Å². The van der Waals surface area contributed by atoms with E-state index in [1.165, 1.54) is 16.2 Å². The number of amides is 3. The van der Waals surface area contributed by atoms with Crippen LogP contribution in [0.5, 0.6) is 11.5 Å². The van der Waals surface area contributed by atoms with Gasteiger partial charge < -0.3 is 14.2 Å². The van der Waals surface area contributed by atoms with Crippen molar-refractivity contribution in [3.05, 3.63) is 42.0 Å². The predicted molar refractivity (Wildman–Crippen MR) is 152 cm³/mol. The smallest absolute Gasteiger partial charge is 0.260 e. The maximum absolute atomic E-state index is 13.8. The van der Waals surface area contributed by atoms with Gasteiger partial charge in [0.2, 0.25) is 11.8 Å². The second-order valence-electron chi connectivity index (χ2n) is 9.08. The zero-order chi connectivity index (χ0) is 26.6. The van der Waals surface area contributed by atoms with E-state index in [4.69, 9.17) is 19.2 Å². The number of carbonyl (C=O) groups is 3. The lowest BCUT2D eigenvalue weighted by atomic mass is 10.1. The highest BCUT2D eigenvalue weighted by molar-refractivity contribution is 7.22. The van der Waals surface area contributed by atoms with Gasteiger partial charge in [0.1, 0.15) is 21.7 Å². The van der Waals surface area contributed by atoms with E-state index in [0.717, 1.165) is 30.8 Å². The van der Waals surface area contributed by atoms with Gasteiger partial charge in [0.15, 0.2) is 5.13 Å². The molecule has 208 valence electrons. The summed E-state index contributed by atoms with van der Waals surface area (Å²) in [5.41, 5.74) is 1.55. The van der Waals surface area contributed by atoms with Gasteiger partial charge in [-0.15, -0.1) is 12.4 Å². The molecule has 3 aromatic rings. The number of thiazole rings is 1. The number of rotatable bonds is 9. The molecule has 0 atom stereocenters. The van der Waals surface area contributed by atoms with Crippen LogP contribution in [0.1, 0.15) is 29.6 Å². The fourth-order valence-electron chi connectivity index (χ4n) is 4.72. The SMILES string of the molecule is COc1ccc(OC)c2sc(N(CCCN3CCOCC3)C(=O)c3ccc(N4C(=O)CCC4=O)cc3)nc12.Cl. The number of carbonyl (C=O) groups excluding carboxylic acids is 3. The van der Waals surface area contributed by atoms with Crippen LogP contribution in [-0.2, 0) is 14.3 Å². The van der Waals surface area contributed by atoms with Crippen LogP contribution < -0.4 is 19.3 Å². The van der Waals surface area contributed by atoms with E-state index < -0.39 is 0 Å². The quantitative estimate of drug-likeness (QED) is 0.356. The minimum absolute atomic E-state index is 0. The predicted octanol–water partition coefficient (Wildman–Crippen LogP) is 3.76. The van der Waals surface area contributed by atoms with Crippen LogP contribution >= 0.6 is 23.7 Å². The van der Waals surface area contributed by atoms with Gasteiger partial charge in [0.05, 0.1) is 33.1 Å². The first kappa shape index (κ1) is 28.8. The molecular weight excluding hydrogens is 544 g/mol. The number of benzene rings is 2. The molecule has 5 rings (SSSR count). The molecule has 10 nitrogen and oxygen atoms in total. The molecule has 2 aromatic carbocycles. The van der Waals surface area contributed by atoms with E-state index in [0.29, 0.717) is 53.2 Å². The van der Waals surface area contributed by atoms with Crippen molar-refractivity contribution in [3.8, 4) is 11.5 Å². The Balaban J connectivity index is 0.00000353. The summed E-state index contributed by atoms with van der Waals surface area (Å²) < 4.78 is 17.3. The fourth-order valence-corrected chi connectivity index (χ4v) is 5.82. The monoisotopic (exact) mass is 574 g/mol. The van der Waals surface area contributed by atoms with Gasteiger partial charge in [-0.05, 0) is 42.8 Å². The molecule has 0 aliphatic carbocycles. The number of morpholine rings is 1. The normalized spacial score (nSPS) is 15.9. The first-order valence-electron chi connectivity index (χ1n) is 12.6. The number of nitrogens with zero attached hydrogens (tertiary/aromatic N) is 4. The molecule has 2 aliphatic heterocycles. The van der Waals surface area contributed by atoms with Crippen molar-refractivity contribution in [2.45, 2.75) is 19.3 Å².